The molecule has 0 radical (unpaired) electrons. The van der Waals surface area contributed by atoms with Gasteiger partial charge in [0, 0.05) is 17.8 Å². The second kappa shape index (κ2) is 8.80. The van der Waals surface area contributed by atoms with Crippen molar-refractivity contribution in [3.8, 4) is 0 Å². The predicted molar refractivity (Wildman–Crippen MR) is 120 cm³/mol. The van der Waals surface area contributed by atoms with Crippen LogP contribution in [0.5, 0.6) is 0 Å². The van der Waals surface area contributed by atoms with Crippen molar-refractivity contribution in [2.45, 2.75) is 24.0 Å². The van der Waals surface area contributed by atoms with E-state index in [2.05, 4.69) is 4.98 Å². The topological polar surface area (TPSA) is 81.4 Å². The number of aliphatic hydroxyl groups excluding tert-OH is 1. The third kappa shape index (κ3) is 4.50. The van der Waals surface area contributed by atoms with E-state index >= 15 is 0 Å². The third-order valence-corrected chi connectivity index (χ3v) is 6.67. The molecule has 2 aromatic carbocycles. The van der Waals surface area contributed by atoms with Crippen LogP contribution in [0.2, 0.25) is 5.15 Å². The number of pyridine rings is 1. The molecule has 160 valence electrons. The van der Waals surface area contributed by atoms with E-state index in [4.69, 9.17) is 15.8 Å². The Morgan fingerprint density at radius 3 is 2.48 bits per heavy atom. The summed E-state index contributed by atoms with van der Waals surface area (Å²) in [7, 11) is -4.01. The molecule has 0 aliphatic rings. The maximum atomic E-state index is 12.6. The van der Waals surface area contributed by atoms with Gasteiger partial charge in [0.25, 0.3) is 10.1 Å². The van der Waals surface area contributed by atoms with E-state index in [0.29, 0.717) is 10.7 Å². The van der Waals surface area contributed by atoms with Crippen LogP contribution in [-0.2, 0) is 14.3 Å². The summed E-state index contributed by atoms with van der Waals surface area (Å²) >= 11 is 6.34. The number of halogens is 1. The van der Waals surface area contributed by atoms with Crippen molar-refractivity contribution in [1.82, 2.24) is 9.55 Å². The number of aliphatic hydroxyl groups is 1. The normalized spacial score (nSPS) is 13.9. The predicted octanol–water partition coefficient (Wildman–Crippen LogP) is 4.35. The molecule has 0 saturated heterocycles. The molecule has 6 nitrogen and oxygen atoms in total. The van der Waals surface area contributed by atoms with Gasteiger partial charge < -0.3 is 9.67 Å². The van der Waals surface area contributed by atoms with Gasteiger partial charge in [-0.05, 0) is 36.8 Å². The summed E-state index contributed by atoms with van der Waals surface area (Å²) in [6, 6.07) is 18.7. The van der Waals surface area contributed by atoms with Gasteiger partial charge in [0.05, 0.1) is 23.1 Å². The molecule has 4 rings (SSSR count). The molecule has 0 unspecified atom stereocenters. The van der Waals surface area contributed by atoms with Gasteiger partial charge in [-0.15, -0.1) is 0 Å². The molecule has 0 fully saturated rings. The zero-order valence-corrected chi connectivity index (χ0v) is 18.3. The lowest BCUT2D eigenvalue weighted by molar-refractivity contribution is 0.0785. The first-order valence-electron chi connectivity index (χ1n) is 9.67. The van der Waals surface area contributed by atoms with Crippen molar-refractivity contribution in [2.75, 3.05) is 6.61 Å². The SMILES string of the molecule is Cc1ccc(S(=O)(=O)OC[C@@H](O)[C@H](c2ccccc2)n2ccc3ccnc(Cl)c32)cc1. The number of rotatable bonds is 7. The van der Waals surface area contributed by atoms with Crippen LogP contribution < -0.4 is 0 Å². The molecule has 8 heteroatoms. The molecular weight excluding hydrogens is 436 g/mol. The average molecular weight is 457 g/mol. The van der Waals surface area contributed by atoms with Crippen LogP contribution in [0, 0.1) is 6.92 Å². The average Bonchev–Trinajstić information content (AvgIpc) is 3.19. The molecule has 0 amide bonds. The van der Waals surface area contributed by atoms with Crippen LogP contribution in [0.25, 0.3) is 10.9 Å². The molecular formula is C23H21ClN2O4S. The molecule has 0 aliphatic carbocycles. The van der Waals surface area contributed by atoms with E-state index in [0.717, 1.165) is 16.5 Å². The fraction of sp³-hybridized carbons (Fsp3) is 0.174. The van der Waals surface area contributed by atoms with Crippen LogP contribution in [-0.4, -0.2) is 35.8 Å². The Labute approximate surface area is 185 Å². The summed E-state index contributed by atoms with van der Waals surface area (Å²) in [5.41, 5.74) is 2.37. The number of aryl methyl sites for hydroxylation is 1. The molecule has 0 spiro atoms. The largest absolute Gasteiger partial charge is 0.388 e. The van der Waals surface area contributed by atoms with E-state index in [9.17, 15) is 13.5 Å². The third-order valence-electron chi connectivity index (χ3n) is 5.09. The Hall–Kier alpha value is -2.71. The monoisotopic (exact) mass is 456 g/mol. The number of fused-ring (bicyclic) bond motifs is 1. The zero-order chi connectivity index (χ0) is 22.0. The fourth-order valence-corrected chi connectivity index (χ4v) is 4.73. The second-order valence-electron chi connectivity index (χ2n) is 7.24. The molecule has 31 heavy (non-hydrogen) atoms. The Morgan fingerprint density at radius 2 is 1.77 bits per heavy atom. The zero-order valence-electron chi connectivity index (χ0n) is 16.7. The molecule has 1 N–H and O–H groups in total. The highest BCUT2D eigenvalue weighted by Gasteiger charge is 2.27. The summed E-state index contributed by atoms with van der Waals surface area (Å²) in [6.45, 7) is 1.44. The summed E-state index contributed by atoms with van der Waals surface area (Å²) < 4.78 is 32.2. The van der Waals surface area contributed by atoms with Crippen molar-refractivity contribution in [3.05, 3.63) is 95.4 Å². The van der Waals surface area contributed by atoms with Crippen LogP contribution in [0.1, 0.15) is 17.2 Å². The summed E-state index contributed by atoms with van der Waals surface area (Å²) in [6.07, 6.45) is 2.24. The van der Waals surface area contributed by atoms with Crippen molar-refractivity contribution < 1.29 is 17.7 Å². The van der Waals surface area contributed by atoms with Crippen LogP contribution in [0.3, 0.4) is 0 Å². The number of nitrogens with zero attached hydrogens (tertiary/aromatic N) is 2. The second-order valence-corrected chi connectivity index (χ2v) is 9.21. The highest BCUT2D eigenvalue weighted by Crippen LogP contribution is 2.31. The van der Waals surface area contributed by atoms with E-state index in [1.54, 1.807) is 29.1 Å². The lowest BCUT2D eigenvalue weighted by Gasteiger charge is -2.26. The Balaban J connectivity index is 1.67. The van der Waals surface area contributed by atoms with Crippen LogP contribution in [0.4, 0.5) is 0 Å². The minimum atomic E-state index is -4.01. The number of aromatic nitrogens is 2. The minimum absolute atomic E-state index is 0.0419. The Morgan fingerprint density at radius 1 is 1.06 bits per heavy atom. The van der Waals surface area contributed by atoms with E-state index in [-0.39, 0.29) is 4.90 Å². The van der Waals surface area contributed by atoms with Gasteiger partial charge >= 0.3 is 0 Å². The van der Waals surface area contributed by atoms with Gasteiger partial charge in [-0.25, -0.2) is 4.98 Å². The Kier molecular flexibility index (Phi) is 6.11. The van der Waals surface area contributed by atoms with Gasteiger partial charge in [-0.2, -0.15) is 8.42 Å². The van der Waals surface area contributed by atoms with Gasteiger partial charge in [-0.3, -0.25) is 4.18 Å². The number of benzene rings is 2. The lowest BCUT2D eigenvalue weighted by Crippen LogP contribution is -2.30. The van der Waals surface area contributed by atoms with Gasteiger partial charge in [0.1, 0.15) is 6.10 Å². The van der Waals surface area contributed by atoms with E-state index in [1.165, 1.54) is 12.1 Å². The highest BCUT2D eigenvalue weighted by molar-refractivity contribution is 7.86. The number of hydrogen-bond donors (Lipinski definition) is 1. The van der Waals surface area contributed by atoms with Crippen molar-refractivity contribution in [1.29, 1.82) is 0 Å². The van der Waals surface area contributed by atoms with E-state index in [1.807, 2.05) is 49.4 Å². The molecule has 0 aliphatic heterocycles. The summed E-state index contributed by atoms with van der Waals surface area (Å²) in [4.78, 5) is 4.19. The quantitative estimate of drug-likeness (QED) is 0.330. The molecule has 4 aromatic rings. The van der Waals surface area contributed by atoms with Crippen molar-refractivity contribution >= 4 is 32.6 Å². The minimum Gasteiger partial charge on any atom is -0.388 e. The first kappa shape index (κ1) is 21.5. The van der Waals surface area contributed by atoms with Gasteiger partial charge in [0.15, 0.2) is 5.15 Å². The molecule has 0 bridgehead atoms. The summed E-state index contributed by atoms with van der Waals surface area (Å²) in [5.74, 6) is 0. The fourth-order valence-electron chi connectivity index (χ4n) is 3.54. The first-order valence-corrected chi connectivity index (χ1v) is 11.5. The molecule has 0 saturated carbocycles. The van der Waals surface area contributed by atoms with Crippen LogP contribution >= 0.6 is 11.6 Å². The van der Waals surface area contributed by atoms with Gasteiger partial charge in [-0.1, -0.05) is 59.6 Å². The van der Waals surface area contributed by atoms with E-state index < -0.39 is 28.9 Å². The number of hydrogen-bond acceptors (Lipinski definition) is 5. The lowest BCUT2D eigenvalue weighted by atomic mass is 10.0. The van der Waals surface area contributed by atoms with Crippen LogP contribution in [0.15, 0.2) is 84.0 Å². The van der Waals surface area contributed by atoms with Crippen molar-refractivity contribution in [2.24, 2.45) is 0 Å². The molecule has 2 heterocycles. The first-order chi connectivity index (χ1) is 14.9. The molecule has 2 atom stereocenters. The molecule has 2 aromatic heterocycles. The highest BCUT2D eigenvalue weighted by atomic mass is 35.5. The van der Waals surface area contributed by atoms with Crippen molar-refractivity contribution in [3.63, 3.8) is 0 Å². The maximum absolute atomic E-state index is 12.6. The van der Waals surface area contributed by atoms with Gasteiger partial charge in [0.2, 0.25) is 0 Å². The smallest absolute Gasteiger partial charge is 0.297 e. The summed E-state index contributed by atoms with van der Waals surface area (Å²) in [5, 5.41) is 12.2. The Bertz CT molecular complexity index is 1290. The standard InChI is InChI=1S/C23H21ClN2O4S/c1-16-7-9-19(10-8-16)31(28,29)30-15-20(27)21(17-5-3-2-4-6-17)26-14-12-18-11-13-25-23(24)22(18)26/h2-14,20-21,27H,15H2,1H3/t20-,21+/m1/s1. The maximum Gasteiger partial charge on any atom is 0.297 e.